The van der Waals surface area contributed by atoms with Crippen LogP contribution in [0.2, 0.25) is 0 Å². The maximum Gasteiger partial charge on any atom is 0.323 e. The number of anilines is 2. The fourth-order valence-electron chi connectivity index (χ4n) is 1.27. The molecule has 0 aromatic carbocycles. The third-order valence-corrected chi connectivity index (χ3v) is 2.22. The van der Waals surface area contributed by atoms with Crippen molar-refractivity contribution in [2.45, 2.75) is 13.0 Å². The van der Waals surface area contributed by atoms with Crippen molar-refractivity contribution < 1.29 is 9.47 Å². The van der Waals surface area contributed by atoms with Crippen molar-refractivity contribution in [2.24, 2.45) is 0 Å². The largest absolute Gasteiger partial charge is 0.455 e. The lowest BCUT2D eigenvalue weighted by Gasteiger charge is -2.25. The molecule has 7 nitrogen and oxygen atoms in total. The Hall–Kier alpha value is -1.63. The Morgan fingerprint density at radius 2 is 2.12 bits per heavy atom. The van der Waals surface area contributed by atoms with Gasteiger partial charge in [-0.25, -0.2) is 0 Å². The molecule has 0 amide bonds. The molecule has 0 spiro atoms. The Labute approximate surface area is 100 Å². The fourth-order valence-corrected chi connectivity index (χ4v) is 1.27. The van der Waals surface area contributed by atoms with Gasteiger partial charge in [-0.2, -0.15) is 15.0 Å². The van der Waals surface area contributed by atoms with Gasteiger partial charge in [0.2, 0.25) is 11.9 Å². The van der Waals surface area contributed by atoms with Gasteiger partial charge in [0.1, 0.15) is 6.10 Å². The van der Waals surface area contributed by atoms with Crippen LogP contribution in [0.25, 0.3) is 0 Å². The van der Waals surface area contributed by atoms with Crippen molar-refractivity contribution in [1.82, 2.24) is 15.0 Å². The Bertz CT molecular complexity index is 381. The molecule has 1 aliphatic rings. The van der Waals surface area contributed by atoms with Gasteiger partial charge in [-0.1, -0.05) is 0 Å². The van der Waals surface area contributed by atoms with Crippen LogP contribution in [0.4, 0.5) is 11.9 Å². The van der Waals surface area contributed by atoms with Crippen molar-refractivity contribution >= 4 is 11.9 Å². The predicted molar refractivity (Wildman–Crippen MR) is 63.6 cm³/mol. The van der Waals surface area contributed by atoms with Crippen LogP contribution in [0.15, 0.2) is 0 Å². The molecule has 1 aromatic heterocycles. The Kier molecular flexibility index (Phi) is 3.58. The van der Waals surface area contributed by atoms with Crippen molar-refractivity contribution in [3.8, 4) is 6.01 Å². The van der Waals surface area contributed by atoms with E-state index in [-0.39, 0.29) is 6.10 Å². The first-order valence-corrected chi connectivity index (χ1v) is 5.60. The molecule has 1 fully saturated rings. The topological polar surface area (TPSA) is 72.4 Å². The summed E-state index contributed by atoms with van der Waals surface area (Å²) in [6, 6.07) is 0.341. The van der Waals surface area contributed by atoms with E-state index < -0.39 is 0 Å². The Morgan fingerprint density at radius 1 is 1.35 bits per heavy atom. The molecule has 2 heterocycles. The van der Waals surface area contributed by atoms with E-state index in [0.717, 1.165) is 6.54 Å². The second kappa shape index (κ2) is 5.13. The molecule has 0 radical (unpaired) electrons. The molecular weight excluding hydrogens is 222 g/mol. The maximum absolute atomic E-state index is 5.57. The minimum Gasteiger partial charge on any atom is -0.455 e. The molecule has 0 bridgehead atoms. The monoisotopic (exact) mass is 239 g/mol. The molecule has 94 valence electrons. The highest BCUT2D eigenvalue weighted by Gasteiger charge is 2.22. The van der Waals surface area contributed by atoms with Gasteiger partial charge in [0.25, 0.3) is 0 Å². The third kappa shape index (κ3) is 2.94. The maximum atomic E-state index is 5.57. The van der Waals surface area contributed by atoms with E-state index in [4.69, 9.17) is 9.47 Å². The van der Waals surface area contributed by atoms with Crippen LogP contribution in [0.5, 0.6) is 6.01 Å². The summed E-state index contributed by atoms with van der Waals surface area (Å²) in [6.45, 7) is 3.93. The molecule has 1 aliphatic heterocycles. The first kappa shape index (κ1) is 11.8. The molecule has 1 aromatic rings. The molecular formula is C10H17N5O2. The first-order valence-electron chi connectivity index (χ1n) is 5.60. The zero-order valence-corrected chi connectivity index (χ0v) is 10.3. The Morgan fingerprint density at radius 3 is 2.65 bits per heavy atom. The van der Waals surface area contributed by atoms with Crippen LogP contribution in [-0.4, -0.2) is 54.9 Å². The van der Waals surface area contributed by atoms with Crippen molar-refractivity contribution in [3.05, 3.63) is 0 Å². The number of aromatic nitrogens is 3. The van der Waals surface area contributed by atoms with Crippen molar-refractivity contribution in [1.29, 1.82) is 0 Å². The molecule has 1 saturated heterocycles. The van der Waals surface area contributed by atoms with Gasteiger partial charge in [-0.3, -0.25) is 0 Å². The number of ether oxygens (including phenoxy) is 2. The second-order valence-corrected chi connectivity index (χ2v) is 3.94. The summed E-state index contributed by atoms with van der Waals surface area (Å²) in [7, 11) is 3.75. The number of nitrogens with one attached hydrogen (secondary N) is 1. The van der Waals surface area contributed by atoms with E-state index in [2.05, 4.69) is 20.3 Å². The molecule has 17 heavy (non-hydrogen) atoms. The average molecular weight is 239 g/mol. The van der Waals surface area contributed by atoms with E-state index in [9.17, 15) is 0 Å². The van der Waals surface area contributed by atoms with Crippen LogP contribution >= 0.6 is 0 Å². The highest BCUT2D eigenvalue weighted by molar-refractivity contribution is 5.36. The summed E-state index contributed by atoms with van der Waals surface area (Å²) in [5.41, 5.74) is 0. The standard InChI is InChI=1S/C10H17N5O2/c1-4-11-8-12-9(15(2)3)14-10(13-8)17-7-5-16-6-7/h7H,4-6H2,1-3H3,(H,11,12,13,14). The summed E-state index contributed by atoms with van der Waals surface area (Å²) < 4.78 is 10.6. The second-order valence-electron chi connectivity index (χ2n) is 3.94. The fraction of sp³-hybridized carbons (Fsp3) is 0.700. The summed E-state index contributed by atoms with van der Waals surface area (Å²) >= 11 is 0. The smallest absolute Gasteiger partial charge is 0.323 e. The summed E-state index contributed by atoms with van der Waals surface area (Å²) in [5.74, 6) is 1.10. The highest BCUT2D eigenvalue weighted by Crippen LogP contribution is 2.16. The van der Waals surface area contributed by atoms with Gasteiger partial charge in [-0.05, 0) is 6.92 Å². The predicted octanol–water partition coefficient (Wildman–Crippen LogP) is 0.147. The van der Waals surface area contributed by atoms with Crippen LogP contribution in [0.3, 0.4) is 0 Å². The molecule has 1 N–H and O–H groups in total. The quantitative estimate of drug-likeness (QED) is 0.783. The minimum absolute atomic E-state index is 0.0573. The molecule has 0 saturated carbocycles. The van der Waals surface area contributed by atoms with Gasteiger partial charge in [-0.15, -0.1) is 0 Å². The molecule has 0 atom stereocenters. The normalized spacial score (nSPS) is 15.2. The zero-order valence-electron chi connectivity index (χ0n) is 10.3. The summed E-state index contributed by atoms with van der Waals surface area (Å²) in [6.07, 6.45) is 0.0573. The van der Waals surface area contributed by atoms with Gasteiger partial charge < -0.3 is 19.7 Å². The lowest BCUT2D eigenvalue weighted by molar-refractivity contribution is -0.0830. The lowest BCUT2D eigenvalue weighted by atomic mass is 10.3. The van der Waals surface area contributed by atoms with E-state index in [1.54, 1.807) is 0 Å². The van der Waals surface area contributed by atoms with Crippen LogP contribution in [-0.2, 0) is 4.74 Å². The van der Waals surface area contributed by atoms with E-state index in [1.165, 1.54) is 0 Å². The number of hydrogen-bond acceptors (Lipinski definition) is 7. The van der Waals surface area contributed by atoms with Crippen LogP contribution in [0.1, 0.15) is 6.92 Å². The van der Waals surface area contributed by atoms with Crippen molar-refractivity contribution in [2.75, 3.05) is 44.1 Å². The first-order chi connectivity index (χ1) is 8.19. The van der Waals surface area contributed by atoms with Crippen LogP contribution < -0.4 is 15.0 Å². The molecule has 7 heteroatoms. The lowest BCUT2D eigenvalue weighted by Crippen LogP contribution is -2.39. The Balaban J connectivity index is 2.16. The summed E-state index contributed by atoms with van der Waals surface area (Å²) in [4.78, 5) is 14.5. The van der Waals surface area contributed by atoms with Gasteiger partial charge in [0.05, 0.1) is 13.2 Å². The van der Waals surface area contributed by atoms with E-state index >= 15 is 0 Å². The van der Waals surface area contributed by atoms with E-state index in [0.29, 0.717) is 31.1 Å². The highest BCUT2D eigenvalue weighted by atomic mass is 16.6. The third-order valence-electron chi connectivity index (χ3n) is 2.22. The van der Waals surface area contributed by atoms with Crippen LogP contribution in [0, 0.1) is 0 Å². The average Bonchev–Trinajstić information content (AvgIpc) is 2.24. The molecule has 2 rings (SSSR count). The number of nitrogens with zero attached hydrogens (tertiary/aromatic N) is 4. The van der Waals surface area contributed by atoms with Gasteiger partial charge in [0, 0.05) is 20.6 Å². The minimum atomic E-state index is 0.0573. The zero-order chi connectivity index (χ0) is 12.3. The number of rotatable bonds is 5. The molecule has 0 unspecified atom stereocenters. The van der Waals surface area contributed by atoms with Gasteiger partial charge in [0.15, 0.2) is 0 Å². The summed E-state index contributed by atoms with van der Waals surface area (Å²) in [5, 5.41) is 3.05. The van der Waals surface area contributed by atoms with Gasteiger partial charge >= 0.3 is 6.01 Å². The molecule has 0 aliphatic carbocycles. The SMILES string of the molecule is CCNc1nc(OC2COC2)nc(N(C)C)n1. The number of hydrogen-bond donors (Lipinski definition) is 1. The van der Waals surface area contributed by atoms with Crippen molar-refractivity contribution in [3.63, 3.8) is 0 Å². The van der Waals surface area contributed by atoms with E-state index in [1.807, 2.05) is 25.9 Å².